The summed E-state index contributed by atoms with van der Waals surface area (Å²) in [5.41, 5.74) is 8.66. The lowest BCUT2D eigenvalue weighted by Crippen LogP contribution is -1.98. The third kappa shape index (κ3) is 5.32. The first kappa shape index (κ1) is 26.2. The van der Waals surface area contributed by atoms with Crippen LogP contribution in [0.2, 0.25) is 0 Å². The molecule has 0 spiro atoms. The van der Waals surface area contributed by atoms with Crippen molar-refractivity contribution in [3.05, 3.63) is 96.7 Å². The first-order valence-electron chi connectivity index (χ1n) is 12.8. The van der Waals surface area contributed by atoms with Gasteiger partial charge in [0.15, 0.2) is 0 Å². The fourth-order valence-electron chi connectivity index (χ4n) is 4.69. The molecule has 0 bridgehead atoms. The number of hydrogen-bond donors (Lipinski definition) is 0. The van der Waals surface area contributed by atoms with Gasteiger partial charge in [-0.2, -0.15) is 0 Å². The Bertz CT molecular complexity index is 1400. The minimum atomic E-state index is 0.640. The van der Waals surface area contributed by atoms with E-state index < -0.39 is 0 Å². The average molecular weight is 465 g/mol. The van der Waals surface area contributed by atoms with E-state index in [4.69, 9.17) is 4.98 Å². The van der Waals surface area contributed by atoms with E-state index in [1.54, 1.807) is 0 Å². The number of rotatable bonds is 4. The molecule has 0 aliphatic heterocycles. The Labute approximate surface area is 211 Å². The molecule has 0 saturated carbocycles. The van der Waals surface area contributed by atoms with Gasteiger partial charge in [0, 0.05) is 16.3 Å². The summed E-state index contributed by atoms with van der Waals surface area (Å²) < 4.78 is 2.35. The van der Waals surface area contributed by atoms with Crippen LogP contribution in [0.1, 0.15) is 57.2 Å². The summed E-state index contributed by atoms with van der Waals surface area (Å²) in [4.78, 5) is 4.89. The van der Waals surface area contributed by atoms with Crippen molar-refractivity contribution in [2.24, 2.45) is 5.92 Å². The summed E-state index contributed by atoms with van der Waals surface area (Å²) in [5.74, 6) is 0.640. The zero-order valence-corrected chi connectivity index (χ0v) is 22.4. The number of unbranched alkanes of at least 4 members (excludes halogenated alkanes) is 1. The van der Waals surface area contributed by atoms with Gasteiger partial charge < -0.3 is 0 Å². The number of pyridine rings is 1. The fourth-order valence-corrected chi connectivity index (χ4v) is 4.69. The predicted octanol–water partition coefficient (Wildman–Crippen LogP) is 9.73. The quantitative estimate of drug-likeness (QED) is 0.191. The maximum absolute atomic E-state index is 4.89. The summed E-state index contributed by atoms with van der Waals surface area (Å²) in [6.45, 7) is 19.3. The van der Waals surface area contributed by atoms with Crippen LogP contribution in [0.25, 0.3) is 38.6 Å². The van der Waals surface area contributed by atoms with Crippen LogP contribution in [0, 0.1) is 19.8 Å². The molecule has 2 heterocycles. The van der Waals surface area contributed by atoms with Crippen molar-refractivity contribution >= 4 is 27.3 Å². The van der Waals surface area contributed by atoms with Crippen LogP contribution < -0.4 is 0 Å². The second-order valence-corrected chi connectivity index (χ2v) is 9.56. The SMILES string of the molecule is C=C.CCCC.Cc1cccc(C)c1-c1cnc2c3ccccc3c3cc(CC(C)C)ccc3n12. The second-order valence-electron chi connectivity index (χ2n) is 9.56. The monoisotopic (exact) mass is 464 g/mol. The molecule has 0 atom stereocenters. The molecule has 0 aliphatic carbocycles. The minimum Gasteiger partial charge on any atom is -0.292 e. The average Bonchev–Trinajstić information content (AvgIpc) is 3.30. The first-order valence-corrected chi connectivity index (χ1v) is 12.8. The third-order valence-corrected chi connectivity index (χ3v) is 6.40. The fraction of sp³-hybridized carbons (Fsp3) is 0.303. The largest absolute Gasteiger partial charge is 0.292 e. The summed E-state index contributed by atoms with van der Waals surface area (Å²) in [6, 6.07) is 22.1. The van der Waals surface area contributed by atoms with Crippen LogP contribution in [0.4, 0.5) is 0 Å². The molecule has 0 unspecified atom stereocenters. The van der Waals surface area contributed by atoms with E-state index >= 15 is 0 Å². The Morgan fingerprint density at radius 2 is 1.43 bits per heavy atom. The molecule has 3 aromatic carbocycles. The Hall–Kier alpha value is -3.39. The molecule has 0 fully saturated rings. The molecule has 2 nitrogen and oxygen atoms in total. The van der Waals surface area contributed by atoms with Crippen LogP contribution in [0.15, 0.2) is 80.0 Å². The summed E-state index contributed by atoms with van der Waals surface area (Å²) in [5, 5.41) is 3.79. The second kappa shape index (κ2) is 11.8. The zero-order valence-electron chi connectivity index (χ0n) is 22.4. The zero-order chi connectivity index (χ0) is 25.5. The van der Waals surface area contributed by atoms with Gasteiger partial charge in [-0.3, -0.25) is 4.40 Å². The highest BCUT2D eigenvalue weighted by Crippen LogP contribution is 2.35. The molecule has 0 amide bonds. The summed E-state index contributed by atoms with van der Waals surface area (Å²) >= 11 is 0. The normalized spacial score (nSPS) is 10.8. The Balaban J connectivity index is 0.000000521. The van der Waals surface area contributed by atoms with Crippen molar-refractivity contribution in [1.82, 2.24) is 9.38 Å². The van der Waals surface area contributed by atoms with Crippen molar-refractivity contribution < 1.29 is 0 Å². The number of aryl methyl sites for hydroxylation is 2. The van der Waals surface area contributed by atoms with E-state index in [2.05, 4.69) is 120 Å². The van der Waals surface area contributed by atoms with Crippen LogP contribution in [0.5, 0.6) is 0 Å². The molecule has 0 N–H and O–H groups in total. The van der Waals surface area contributed by atoms with Gasteiger partial charge in [-0.15, -0.1) is 13.2 Å². The molecule has 182 valence electrons. The lowest BCUT2D eigenvalue weighted by atomic mass is 9.97. The molecule has 5 rings (SSSR count). The number of benzene rings is 3. The van der Waals surface area contributed by atoms with Crippen LogP contribution >= 0.6 is 0 Å². The standard InChI is InChI=1S/C27H26N2.C4H10.C2H4/c1-17(2)14-20-12-13-24-23(15-20)21-10-5-6-11-22(21)27-28-16-25(29(24)27)26-18(3)8-7-9-19(26)4;1-3-4-2;1-2/h5-13,15-17H,14H2,1-4H3;3-4H2,1-2H3;1-2H2. The van der Waals surface area contributed by atoms with Gasteiger partial charge in [-0.1, -0.05) is 89.1 Å². The van der Waals surface area contributed by atoms with E-state index in [9.17, 15) is 0 Å². The Kier molecular flexibility index (Phi) is 8.87. The highest BCUT2D eigenvalue weighted by molar-refractivity contribution is 6.12. The highest BCUT2D eigenvalue weighted by atomic mass is 15.0. The molecule has 0 saturated heterocycles. The predicted molar refractivity (Wildman–Crippen MR) is 155 cm³/mol. The van der Waals surface area contributed by atoms with E-state index in [1.165, 1.54) is 62.5 Å². The van der Waals surface area contributed by atoms with E-state index in [0.29, 0.717) is 5.92 Å². The third-order valence-electron chi connectivity index (χ3n) is 6.40. The lowest BCUT2D eigenvalue weighted by molar-refractivity contribution is 0.648. The van der Waals surface area contributed by atoms with E-state index in [1.807, 2.05) is 6.20 Å². The lowest BCUT2D eigenvalue weighted by Gasteiger charge is -2.15. The van der Waals surface area contributed by atoms with Crippen molar-refractivity contribution in [3.63, 3.8) is 0 Å². The maximum Gasteiger partial charge on any atom is 0.145 e. The molecule has 0 aliphatic rings. The molecular formula is C33H40N2. The van der Waals surface area contributed by atoms with Crippen molar-refractivity contribution in [2.75, 3.05) is 0 Å². The Morgan fingerprint density at radius 1 is 0.800 bits per heavy atom. The van der Waals surface area contributed by atoms with Gasteiger partial charge in [0.25, 0.3) is 0 Å². The molecule has 5 aromatic rings. The number of hydrogen-bond acceptors (Lipinski definition) is 1. The van der Waals surface area contributed by atoms with Gasteiger partial charge in [0.2, 0.25) is 0 Å². The topological polar surface area (TPSA) is 17.3 Å². The van der Waals surface area contributed by atoms with E-state index in [-0.39, 0.29) is 0 Å². The Morgan fingerprint density at radius 3 is 2.03 bits per heavy atom. The number of nitrogens with zero attached hydrogens (tertiary/aromatic N) is 2. The molecule has 2 heteroatoms. The smallest absolute Gasteiger partial charge is 0.145 e. The van der Waals surface area contributed by atoms with E-state index in [0.717, 1.165) is 12.1 Å². The number of aromatic nitrogens is 2. The van der Waals surface area contributed by atoms with Crippen LogP contribution in [0.3, 0.4) is 0 Å². The molecular weight excluding hydrogens is 424 g/mol. The van der Waals surface area contributed by atoms with Crippen LogP contribution in [-0.4, -0.2) is 9.38 Å². The molecule has 35 heavy (non-hydrogen) atoms. The summed E-state index contributed by atoms with van der Waals surface area (Å²) in [7, 11) is 0. The van der Waals surface area contributed by atoms with Crippen molar-refractivity contribution in [1.29, 1.82) is 0 Å². The van der Waals surface area contributed by atoms with Gasteiger partial charge in [-0.25, -0.2) is 4.98 Å². The van der Waals surface area contributed by atoms with Gasteiger partial charge >= 0.3 is 0 Å². The minimum absolute atomic E-state index is 0.640. The maximum atomic E-state index is 4.89. The van der Waals surface area contributed by atoms with Crippen LogP contribution in [-0.2, 0) is 6.42 Å². The van der Waals surface area contributed by atoms with Gasteiger partial charge in [0.05, 0.1) is 17.4 Å². The number of fused-ring (bicyclic) bond motifs is 6. The number of imidazole rings is 1. The molecule has 0 radical (unpaired) electrons. The molecule has 2 aromatic heterocycles. The van der Waals surface area contributed by atoms with Gasteiger partial charge in [0.1, 0.15) is 5.65 Å². The summed E-state index contributed by atoms with van der Waals surface area (Å²) in [6.07, 6.45) is 5.77. The van der Waals surface area contributed by atoms with Crippen molar-refractivity contribution in [2.45, 2.75) is 60.8 Å². The first-order chi connectivity index (χ1) is 17.0. The highest BCUT2D eigenvalue weighted by Gasteiger charge is 2.16. The van der Waals surface area contributed by atoms with Crippen molar-refractivity contribution in [3.8, 4) is 11.3 Å². The van der Waals surface area contributed by atoms with Gasteiger partial charge in [-0.05, 0) is 60.4 Å².